The van der Waals surface area contributed by atoms with E-state index in [4.69, 9.17) is 5.73 Å². The monoisotopic (exact) mass is 270 g/mol. The number of carbonyl (C=O) groups is 1. The number of fused-ring (bicyclic) bond motifs is 2. The van der Waals surface area contributed by atoms with Crippen molar-refractivity contribution in [3.8, 4) is 0 Å². The van der Waals surface area contributed by atoms with Gasteiger partial charge in [-0.15, -0.1) is 0 Å². The van der Waals surface area contributed by atoms with E-state index in [-0.39, 0.29) is 23.9 Å². The third-order valence-electron chi connectivity index (χ3n) is 5.02. The molecule has 0 spiro atoms. The van der Waals surface area contributed by atoms with Gasteiger partial charge in [-0.25, -0.2) is 0 Å². The summed E-state index contributed by atoms with van der Waals surface area (Å²) in [5.74, 6) is 2.75. The second kappa shape index (κ2) is 4.93. The van der Waals surface area contributed by atoms with Crippen LogP contribution in [0.25, 0.3) is 0 Å². The fraction of sp³-hybridized carbons (Fsp3) is 0.923. The summed E-state index contributed by atoms with van der Waals surface area (Å²) < 4.78 is 11.3. The van der Waals surface area contributed by atoms with Crippen LogP contribution in [0.15, 0.2) is 0 Å². The SMILES string of the molecule is NC1C2CCC(C2)C1C(=O)NC1CCS(=O)CC1. The minimum atomic E-state index is -0.662. The summed E-state index contributed by atoms with van der Waals surface area (Å²) in [5, 5.41) is 3.14. The molecule has 0 aromatic rings. The molecule has 1 amide bonds. The zero-order valence-electron chi connectivity index (χ0n) is 10.6. The maximum Gasteiger partial charge on any atom is 0.225 e. The lowest BCUT2D eigenvalue weighted by atomic mass is 9.84. The highest BCUT2D eigenvalue weighted by Gasteiger charge is 2.49. The smallest absolute Gasteiger partial charge is 0.225 e. The van der Waals surface area contributed by atoms with Crippen molar-refractivity contribution in [3.63, 3.8) is 0 Å². The van der Waals surface area contributed by atoms with Crippen molar-refractivity contribution in [2.24, 2.45) is 23.5 Å². The molecule has 2 saturated carbocycles. The van der Waals surface area contributed by atoms with Crippen LogP contribution in [0.5, 0.6) is 0 Å². The van der Waals surface area contributed by atoms with Crippen LogP contribution in [0.4, 0.5) is 0 Å². The fourth-order valence-electron chi connectivity index (χ4n) is 3.96. The molecular formula is C13H22N2O2S. The molecule has 4 atom stereocenters. The van der Waals surface area contributed by atoms with Crippen molar-refractivity contribution >= 4 is 16.7 Å². The van der Waals surface area contributed by atoms with Gasteiger partial charge in [0.25, 0.3) is 0 Å². The van der Waals surface area contributed by atoms with E-state index >= 15 is 0 Å². The second-order valence-electron chi connectivity index (χ2n) is 6.07. The number of nitrogens with two attached hydrogens (primary N) is 1. The summed E-state index contributed by atoms with van der Waals surface area (Å²) >= 11 is 0. The maximum atomic E-state index is 12.3. The summed E-state index contributed by atoms with van der Waals surface area (Å²) in [4.78, 5) is 12.3. The van der Waals surface area contributed by atoms with Crippen LogP contribution in [-0.4, -0.2) is 33.7 Å². The van der Waals surface area contributed by atoms with Crippen LogP contribution < -0.4 is 11.1 Å². The molecule has 4 nitrogen and oxygen atoms in total. The molecule has 3 N–H and O–H groups in total. The first kappa shape index (κ1) is 12.6. The van der Waals surface area contributed by atoms with E-state index in [0.29, 0.717) is 11.8 Å². The van der Waals surface area contributed by atoms with Gasteiger partial charge in [-0.1, -0.05) is 0 Å². The molecule has 1 saturated heterocycles. The molecule has 3 aliphatic rings. The number of carbonyl (C=O) groups excluding carboxylic acids is 1. The third kappa shape index (κ3) is 2.23. The van der Waals surface area contributed by atoms with Crippen LogP contribution in [0.3, 0.4) is 0 Å². The summed E-state index contributed by atoms with van der Waals surface area (Å²) in [6.45, 7) is 0. The molecule has 1 heterocycles. The van der Waals surface area contributed by atoms with Crippen molar-refractivity contribution in [1.82, 2.24) is 5.32 Å². The lowest BCUT2D eigenvalue weighted by Crippen LogP contribution is -2.49. The van der Waals surface area contributed by atoms with Gasteiger partial charge in [0, 0.05) is 34.4 Å². The first-order valence-electron chi connectivity index (χ1n) is 7.06. The van der Waals surface area contributed by atoms with E-state index in [1.165, 1.54) is 12.8 Å². The Labute approximate surface area is 111 Å². The van der Waals surface area contributed by atoms with Gasteiger partial charge in [0.05, 0.1) is 5.92 Å². The van der Waals surface area contributed by atoms with Gasteiger partial charge in [-0.2, -0.15) is 0 Å². The van der Waals surface area contributed by atoms with Crippen LogP contribution in [0.1, 0.15) is 32.1 Å². The molecule has 3 fully saturated rings. The minimum Gasteiger partial charge on any atom is -0.353 e. The normalized spacial score (nSPS) is 47.2. The number of rotatable bonds is 2. The van der Waals surface area contributed by atoms with Crippen molar-refractivity contribution in [3.05, 3.63) is 0 Å². The Morgan fingerprint density at radius 2 is 1.78 bits per heavy atom. The summed E-state index contributed by atoms with van der Waals surface area (Å²) in [6.07, 6.45) is 5.24. The van der Waals surface area contributed by atoms with Crippen LogP contribution in [0, 0.1) is 17.8 Å². The average molecular weight is 270 g/mol. The molecule has 102 valence electrons. The first-order valence-corrected chi connectivity index (χ1v) is 8.55. The predicted octanol–water partition coefficient (Wildman–Crippen LogP) is 0.387. The number of amides is 1. The fourth-order valence-corrected chi connectivity index (χ4v) is 5.26. The highest BCUT2D eigenvalue weighted by Crippen LogP contribution is 2.47. The lowest BCUT2D eigenvalue weighted by molar-refractivity contribution is -0.127. The zero-order valence-corrected chi connectivity index (χ0v) is 11.5. The van der Waals surface area contributed by atoms with Gasteiger partial charge >= 0.3 is 0 Å². The Bertz CT molecular complexity index is 362. The number of hydrogen-bond acceptors (Lipinski definition) is 3. The highest BCUT2D eigenvalue weighted by molar-refractivity contribution is 7.85. The van der Waals surface area contributed by atoms with Crippen LogP contribution >= 0.6 is 0 Å². The topological polar surface area (TPSA) is 72.2 Å². The van der Waals surface area contributed by atoms with Gasteiger partial charge in [-0.05, 0) is 43.9 Å². The van der Waals surface area contributed by atoms with Gasteiger partial charge in [-0.3, -0.25) is 9.00 Å². The van der Waals surface area contributed by atoms with E-state index in [1.54, 1.807) is 0 Å². The Morgan fingerprint density at radius 3 is 2.39 bits per heavy atom. The summed E-state index contributed by atoms with van der Waals surface area (Å²) in [6, 6.07) is 0.294. The van der Waals surface area contributed by atoms with Gasteiger partial charge in [0.2, 0.25) is 5.91 Å². The van der Waals surface area contributed by atoms with Crippen molar-refractivity contribution in [2.75, 3.05) is 11.5 Å². The Kier molecular flexibility index (Phi) is 3.45. The second-order valence-corrected chi connectivity index (χ2v) is 7.76. The molecule has 4 unspecified atom stereocenters. The number of hydrogen-bond donors (Lipinski definition) is 2. The highest BCUT2D eigenvalue weighted by atomic mass is 32.2. The van der Waals surface area contributed by atoms with Gasteiger partial charge in [0.1, 0.15) is 0 Å². The molecule has 0 aromatic heterocycles. The van der Waals surface area contributed by atoms with Crippen LogP contribution in [0.2, 0.25) is 0 Å². The summed E-state index contributed by atoms with van der Waals surface area (Å²) in [5.41, 5.74) is 6.18. The van der Waals surface area contributed by atoms with Gasteiger partial charge < -0.3 is 11.1 Å². The molecule has 2 bridgehead atoms. The molecule has 1 aliphatic heterocycles. The van der Waals surface area contributed by atoms with E-state index in [0.717, 1.165) is 30.8 Å². The predicted molar refractivity (Wildman–Crippen MR) is 71.3 cm³/mol. The molecular weight excluding hydrogens is 248 g/mol. The van der Waals surface area contributed by atoms with E-state index in [2.05, 4.69) is 5.32 Å². The Hall–Kier alpha value is -0.420. The Morgan fingerprint density at radius 1 is 1.11 bits per heavy atom. The number of nitrogens with one attached hydrogen (secondary N) is 1. The quantitative estimate of drug-likeness (QED) is 0.762. The van der Waals surface area contributed by atoms with Gasteiger partial charge in [0.15, 0.2) is 0 Å². The zero-order chi connectivity index (χ0) is 12.7. The van der Waals surface area contributed by atoms with Crippen molar-refractivity contribution in [2.45, 2.75) is 44.2 Å². The molecule has 0 radical (unpaired) electrons. The standard InChI is InChI=1S/C13H22N2O2S/c14-12-9-2-1-8(7-9)11(12)13(16)15-10-3-5-18(17)6-4-10/h8-12H,1-7,14H2,(H,15,16). The van der Waals surface area contributed by atoms with E-state index < -0.39 is 10.8 Å². The van der Waals surface area contributed by atoms with E-state index in [9.17, 15) is 9.00 Å². The average Bonchev–Trinajstić information content (AvgIpc) is 2.92. The molecule has 18 heavy (non-hydrogen) atoms. The first-order chi connectivity index (χ1) is 8.65. The van der Waals surface area contributed by atoms with Crippen LogP contribution in [-0.2, 0) is 15.6 Å². The molecule has 0 aromatic carbocycles. The molecule has 2 aliphatic carbocycles. The summed E-state index contributed by atoms with van der Waals surface area (Å²) in [7, 11) is -0.662. The Balaban J connectivity index is 1.57. The minimum absolute atomic E-state index is 0.0381. The van der Waals surface area contributed by atoms with Crippen molar-refractivity contribution < 1.29 is 9.00 Å². The lowest BCUT2D eigenvalue weighted by Gasteiger charge is -2.30. The maximum absolute atomic E-state index is 12.3. The molecule has 3 rings (SSSR count). The molecule has 5 heteroatoms. The van der Waals surface area contributed by atoms with Crippen molar-refractivity contribution in [1.29, 1.82) is 0 Å². The third-order valence-corrected chi connectivity index (χ3v) is 6.40. The largest absolute Gasteiger partial charge is 0.353 e. The van der Waals surface area contributed by atoms with E-state index in [1.807, 2.05) is 0 Å².